The van der Waals surface area contributed by atoms with Crippen LogP contribution in [0.15, 0.2) is 27.8 Å². The van der Waals surface area contributed by atoms with Gasteiger partial charge >= 0.3 is 5.69 Å². The summed E-state index contributed by atoms with van der Waals surface area (Å²) >= 11 is 6.18. The first kappa shape index (κ1) is 20.1. The van der Waals surface area contributed by atoms with Crippen molar-refractivity contribution in [2.45, 2.75) is 6.54 Å². The monoisotopic (exact) mass is 408 g/mol. The quantitative estimate of drug-likeness (QED) is 0.664. The molecule has 0 fully saturated rings. The fourth-order valence-electron chi connectivity index (χ4n) is 2.97. The molecular weight excluding hydrogens is 387 g/mol. The van der Waals surface area contributed by atoms with Gasteiger partial charge in [0.25, 0.3) is 5.56 Å². The van der Waals surface area contributed by atoms with Gasteiger partial charge in [-0.15, -0.1) is 0 Å². The van der Waals surface area contributed by atoms with E-state index in [0.29, 0.717) is 12.5 Å². The lowest BCUT2D eigenvalue weighted by Gasteiger charge is -2.14. The van der Waals surface area contributed by atoms with Crippen LogP contribution in [0.2, 0.25) is 5.02 Å². The minimum atomic E-state index is -0.501. The largest absolute Gasteiger partial charge is 0.354 e. The van der Waals surface area contributed by atoms with E-state index < -0.39 is 17.1 Å². The highest BCUT2D eigenvalue weighted by atomic mass is 35.5. The zero-order valence-electron chi connectivity index (χ0n) is 16.2. The van der Waals surface area contributed by atoms with Crippen LogP contribution in [0, 0.1) is 5.82 Å². The summed E-state index contributed by atoms with van der Waals surface area (Å²) in [6.07, 6.45) is 0. The highest BCUT2D eigenvalue weighted by molar-refractivity contribution is 6.31. The molecule has 150 valence electrons. The number of hydrogen-bond donors (Lipinski definition) is 1. The number of halogens is 2. The summed E-state index contributed by atoms with van der Waals surface area (Å²) in [5.41, 5.74) is -0.302. The Balaban J connectivity index is 2.22. The zero-order chi connectivity index (χ0) is 20.6. The van der Waals surface area contributed by atoms with Gasteiger partial charge in [-0.1, -0.05) is 17.7 Å². The molecule has 0 unspecified atom stereocenters. The van der Waals surface area contributed by atoms with Gasteiger partial charge in [0, 0.05) is 37.8 Å². The number of likely N-dealkylation sites (N-methyl/N-ethyl adjacent to an activating group) is 1. The lowest BCUT2D eigenvalue weighted by Crippen LogP contribution is -2.37. The Bertz CT molecular complexity index is 1130. The number of anilines is 1. The summed E-state index contributed by atoms with van der Waals surface area (Å²) < 4.78 is 18.2. The van der Waals surface area contributed by atoms with Gasteiger partial charge in [0.1, 0.15) is 5.82 Å². The van der Waals surface area contributed by atoms with Gasteiger partial charge in [-0.25, -0.2) is 9.18 Å². The van der Waals surface area contributed by atoms with E-state index in [2.05, 4.69) is 10.3 Å². The summed E-state index contributed by atoms with van der Waals surface area (Å²) in [7, 11) is 6.81. The number of nitrogens with zero attached hydrogens (tertiary/aromatic N) is 5. The van der Waals surface area contributed by atoms with E-state index in [4.69, 9.17) is 11.6 Å². The molecule has 0 aliphatic heterocycles. The lowest BCUT2D eigenvalue weighted by atomic mass is 10.2. The first-order valence-corrected chi connectivity index (χ1v) is 9.08. The van der Waals surface area contributed by atoms with Crippen molar-refractivity contribution >= 4 is 28.7 Å². The average molecular weight is 409 g/mol. The van der Waals surface area contributed by atoms with Crippen LogP contribution >= 0.6 is 11.6 Å². The number of fused-ring (bicyclic) bond motifs is 1. The number of nitrogens with one attached hydrogen (secondary N) is 1. The molecule has 0 atom stereocenters. The van der Waals surface area contributed by atoms with Gasteiger partial charge < -0.3 is 10.2 Å². The fourth-order valence-corrected chi connectivity index (χ4v) is 3.19. The van der Waals surface area contributed by atoms with Crippen molar-refractivity contribution in [3.63, 3.8) is 0 Å². The Kier molecular flexibility index (Phi) is 5.57. The van der Waals surface area contributed by atoms with Crippen molar-refractivity contribution in [1.82, 2.24) is 23.6 Å². The summed E-state index contributed by atoms with van der Waals surface area (Å²) in [6.45, 7) is 1.27. The maximum atomic E-state index is 14.4. The van der Waals surface area contributed by atoms with Crippen LogP contribution in [-0.2, 0) is 20.6 Å². The zero-order valence-corrected chi connectivity index (χ0v) is 16.9. The molecular formula is C18H22ClFN6O2. The Morgan fingerprint density at radius 2 is 1.93 bits per heavy atom. The molecule has 0 radical (unpaired) electrons. The molecule has 2 aromatic heterocycles. The molecule has 0 amide bonds. The topological polar surface area (TPSA) is 77.1 Å². The van der Waals surface area contributed by atoms with Crippen LogP contribution in [0.4, 0.5) is 10.3 Å². The van der Waals surface area contributed by atoms with Gasteiger partial charge in [-0.2, -0.15) is 4.98 Å². The minimum Gasteiger partial charge on any atom is -0.354 e. The lowest BCUT2D eigenvalue weighted by molar-refractivity contribution is 0.424. The van der Waals surface area contributed by atoms with Crippen LogP contribution < -0.4 is 16.6 Å². The molecule has 10 heteroatoms. The first-order chi connectivity index (χ1) is 13.2. The van der Waals surface area contributed by atoms with E-state index in [-0.39, 0.29) is 28.3 Å². The summed E-state index contributed by atoms with van der Waals surface area (Å²) in [6, 6.07) is 4.42. The molecule has 0 bridgehead atoms. The highest BCUT2D eigenvalue weighted by Gasteiger charge is 2.21. The second-order valence-corrected chi connectivity index (χ2v) is 7.24. The highest BCUT2D eigenvalue weighted by Crippen LogP contribution is 2.24. The van der Waals surface area contributed by atoms with Crippen molar-refractivity contribution in [2.75, 3.05) is 32.5 Å². The van der Waals surface area contributed by atoms with Gasteiger partial charge in [-0.3, -0.25) is 18.5 Å². The molecule has 0 aliphatic carbocycles. The van der Waals surface area contributed by atoms with Crippen LogP contribution in [-0.4, -0.2) is 50.8 Å². The fraction of sp³-hybridized carbons (Fsp3) is 0.389. The molecule has 3 aromatic rings. The van der Waals surface area contributed by atoms with Crippen LogP contribution in [0.1, 0.15) is 5.56 Å². The van der Waals surface area contributed by atoms with Gasteiger partial charge in [0.05, 0.1) is 6.54 Å². The molecule has 0 saturated carbocycles. The maximum Gasteiger partial charge on any atom is 0.332 e. The number of hydrogen-bond acceptors (Lipinski definition) is 5. The summed E-state index contributed by atoms with van der Waals surface area (Å²) in [5, 5.41) is 3.42. The molecule has 3 rings (SSSR count). The van der Waals surface area contributed by atoms with E-state index in [1.54, 1.807) is 17.7 Å². The Labute approximate surface area is 165 Å². The van der Waals surface area contributed by atoms with Crippen LogP contribution in [0.25, 0.3) is 11.2 Å². The second-order valence-electron chi connectivity index (χ2n) is 6.83. The summed E-state index contributed by atoms with van der Waals surface area (Å²) in [4.78, 5) is 31.5. The van der Waals surface area contributed by atoms with Crippen molar-refractivity contribution < 1.29 is 4.39 Å². The van der Waals surface area contributed by atoms with Crippen LogP contribution in [0.5, 0.6) is 0 Å². The van der Waals surface area contributed by atoms with E-state index in [9.17, 15) is 14.0 Å². The molecule has 8 nitrogen and oxygen atoms in total. The Morgan fingerprint density at radius 1 is 1.21 bits per heavy atom. The molecule has 1 aromatic carbocycles. The molecule has 1 N–H and O–H groups in total. The first-order valence-electron chi connectivity index (χ1n) is 8.70. The molecule has 2 heterocycles. The predicted molar refractivity (Wildman–Crippen MR) is 108 cm³/mol. The number of imidazole rings is 1. The van der Waals surface area contributed by atoms with E-state index >= 15 is 0 Å². The minimum absolute atomic E-state index is 0.000250. The van der Waals surface area contributed by atoms with Crippen molar-refractivity contribution in [3.05, 3.63) is 55.4 Å². The molecule has 0 saturated heterocycles. The third-order valence-corrected chi connectivity index (χ3v) is 4.92. The predicted octanol–water partition coefficient (Wildman–Crippen LogP) is 1.25. The third kappa shape index (κ3) is 3.55. The molecule has 0 aliphatic rings. The Morgan fingerprint density at radius 3 is 2.57 bits per heavy atom. The second kappa shape index (κ2) is 7.76. The number of aromatic nitrogens is 4. The standard InChI is InChI=1S/C18H22ClFN6O2/c1-23(2)9-8-21-17-22-15-14(16(27)25(4)18(28)24(15)3)26(17)10-11-12(19)6-5-7-13(11)20/h5-7H,8-10H2,1-4H3,(H,21,22). The molecule has 28 heavy (non-hydrogen) atoms. The maximum absolute atomic E-state index is 14.4. The van der Waals surface area contributed by atoms with Crippen molar-refractivity contribution in [2.24, 2.45) is 14.1 Å². The van der Waals surface area contributed by atoms with E-state index in [0.717, 1.165) is 11.1 Å². The number of benzene rings is 1. The van der Waals surface area contributed by atoms with Gasteiger partial charge in [-0.05, 0) is 26.2 Å². The van der Waals surface area contributed by atoms with E-state index in [1.165, 1.54) is 23.7 Å². The summed E-state index contributed by atoms with van der Waals surface area (Å²) in [5.74, 6) is -0.107. The van der Waals surface area contributed by atoms with Crippen molar-refractivity contribution in [1.29, 1.82) is 0 Å². The normalized spacial score (nSPS) is 11.5. The Hall–Kier alpha value is -2.65. The average Bonchev–Trinajstić information content (AvgIpc) is 2.99. The van der Waals surface area contributed by atoms with Crippen molar-refractivity contribution in [3.8, 4) is 0 Å². The van der Waals surface area contributed by atoms with Gasteiger partial charge in [0.15, 0.2) is 11.2 Å². The number of rotatable bonds is 6. The van der Waals surface area contributed by atoms with E-state index in [1.807, 2.05) is 19.0 Å². The van der Waals surface area contributed by atoms with Gasteiger partial charge in [0.2, 0.25) is 5.95 Å². The SMILES string of the molecule is CN(C)CCNc1nc2c(c(=O)n(C)c(=O)n2C)n1Cc1c(F)cccc1Cl. The third-order valence-electron chi connectivity index (χ3n) is 4.57. The number of aryl methyl sites for hydroxylation is 1. The van der Waals surface area contributed by atoms with Crippen LogP contribution in [0.3, 0.4) is 0 Å². The smallest absolute Gasteiger partial charge is 0.332 e. The molecule has 0 spiro atoms.